The van der Waals surface area contributed by atoms with Gasteiger partial charge in [0.1, 0.15) is 11.6 Å². The molecule has 1 aromatic heterocycles. The molecule has 0 radical (unpaired) electrons. The van der Waals surface area contributed by atoms with Crippen LogP contribution in [0.1, 0.15) is 24.6 Å². The number of rotatable bonds is 7. The molecule has 1 amide bonds. The lowest BCUT2D eigenvalue weighted by Gasteiger charge is -2.30. The van der Waals surface area contributed by atoms with Crippen molar-refractivity contribution in [1.82, 2.24) is 14.3 Å². The SMILES string of the molecule is O=C(COc1ccc(Cl)cc1Cl)Nc1ccc(S(=O)(=O)N2CCC(c3nc4ccccc4[nH]3)CC2)cc1. The van der Waals surface area contributed by atoms with Crippen molar-refractivity contribution in [2.45, 2.75) is 23.7 Å². The number of aromatic nitrogens is 2. The highest BCUT2D eigenvalue weighted by Gasteiger charge is 2.31. The van der Waals surface area contributed by atoms with Crippen molar-refractivity contribution in [3.63, 3.8) is 0 Å². The molecular weight excluding hydrogens is 535 g/mol. The monoisotopic (exact) mass is 558 g/mol. The molecule has 1 aliphatic rings. The Morgan fingerprint density at radius 2 is 1.78 bits per heavy atom. The second-order valence-electron chi connectivity index (χ2n) is 8.75. The predicted molar refractivity (Wildman–Crippen MR) is 144 cm³/mol. The molecule has 0 atom stereocenters. The summed E-state index contributed by atoms with van der Waals surface area (Å²) in [6.45, 7) is 0.557. The molecule has 3 aromatic carbocycles. The zero-order valence-electron chi connectivity index (χ0n) is 19.7. The number of nitrogens with zero attached hydrogens (tertiary/aromatic N) is 2. The normalized spacial score (nSPS) is 15.1. The predicted octanol–water partition coefficient (Wildman–Crippen LogP) is 5.46. The minimum atomic E-state index is -3.65. The van der Waals surface area contributed by atoms with Gasteiger partial charge in [-0.25, -0.2) is 13.4 Å². The Labute approximate surface area is 224 Å². The number of anilines is 1. The van der Waals surface area contributed by atoms with Crippen LogP contribution >= 0.6 is 23.2 Å². The van der Waals surface area contributed by atoms with Crippen molar-refractivity contribution in [1.29, 1.82) is 0 Å². The van der Waals surface area contributed by atoms with Gasteiger partial charge in [0.2, 0.25) is 10.0 Å². The van der Waals surface area contributed by atoms with Crippen molar-refractivity contribution >= 4 is 55.9 Å². The summed E-state index contributed by atoms with van der Waals surface area (Å²) in [5.74, 6) is 1.02. The first-order valence-electron chi connectivity index (χ1n) is 11.7. The first-order chi connectivity index (χ1) is 17.8. The molecule has 5 rings (SSSR count). The molecule has 8 nitrogen and oxygen atoms in total. The van der Waals surface area contributed by atoms with Crippen LogP contribution in [0.5, 0.6) is 5.75 Å². The van der Waals surface area contributed by atoms with E-state index in [-0.39, 0.29) is 17.4 Å². The van der Waals surface area contributed by atoms with E-state index < -0.39 is 15.9 Å². The maximum Gasteiger partial charge on any atom is 0.262 e. The quantitative estimate of drug-likeness (QED) is 0.313. The molecule has 2 N–H and O–H groups in total. The Bertz CT molecular complexity index is 1500. The molecular formula is C26H24Cl2N4O4S. The molecule has 0 spiro atoms. The topological polar surface area (TPSA) is 104 Å². The van der Waals surface area contributed by atoms with E-state index in [9.17, 15) is 13.2 Å². The van der Waals surface area contributed by atoms with Gasteiger partial charge in [0.05, 0.1) is 21.0 Å². The highest BCUT2D eigenvalue weighted by molar-refractivity contribution is 7.89. The van der Waals surface area contributed by atoms with Crippen molar-refractivity contribution in [2.24, 2.45) is 0 Å². The van der Waals surface area contributed by atoms with Crippen LogP contribution in [0, 0.1) is 0 Å². The number of hydrogen-bond acceptors (Lipinski definition) is 5. The number of nitrogens with one attached hydrogen (secondary N) is 2. The third-order valence-electron chi connectivity index (χ3n) is 6.28. The van der Waals surface area contributed by atoms with Crippen LogP contribution in [0.4, 0.5) is 5.69 Å². The van der Waals surface area contributed by atoms with E-state index >= 15 is 0 Å². The van der Waals surface area contributed by atoms with Crippen LogP contribution in [-0.4, -0.2) is 48.3 Å². The zero-order chi connectivity index (χ0) is 26.0. The maximum atomic E-state index is 13.2. The Morgan fingerprint density at radius 1 is 1.05 bits per heavy atom. The van der Waals surface area contributed by atoms with Gasteiger partial charge in [0.25, 0.3) is 5.91 Å². The molecule has 0 unspecified atom stereocenters. The van der Waals surface area contributed by atoms with Crippen LogP contribution in [0.15, 0.2) is 71.6 Å². The first-order valence-corrected chi connectivity index (χ1v) is 13.9. The number of aromatic amines is 1. The van der Waals surface area contributed by atoms with Gasteiger partial charge in [-0.1, -0.05) is 35.3 Å². The van der Waals surface area contributed by atoms with E-state index in [2.05, 4.69) is 15.3 Å². The number of halogens is 2. The van der Waals surface area contributed by atoms with E-state index in [1.165, 1.54) is 22.5 Å². The van der Waals surface area contributed by atoms with Gasteiger partial charge in [0, 0.05) is 29.7 Å². The van der Waals surface area contributed by atoms with Gasteiger partial charge >= 0.3 is 0 Å². The number of amides is 1. The number of imidazole rings is 1. The van der Waals surface area contributed by atoms with Gasteiger partial charge in [0.15, 0.2) is 6.61 Å². The van der Waals surface area contributed by atoms with Crippen molar-refractivity contribution in [2.75, 3.05) is 25.0 Å². The molecule has 0 saturated carbocycles. The molecule has 0 aliphatic carbocycles. The summed E-state index contributed by atoms with van der Waals surface area (Å²) in [4.78, 5) is 20.5. The van der Waals surface area contributed by atoms with Gasteiger partial charge < -0.3 is 15.0 Å². The first kappa shape index (κ1) is 25.5. The lowest BCUT2D eigenvalue weighted by atomic mass is 9.97. The Morgan fingerprint density at radius 3 is 2.49 bits per heavy atom. The molecule has 192 valence electrons. The van der Waals surface area contributed by atoms with Gasteiger partial charge in [-0.05, 0) is 67.4 Å². The largest absolute Gasteiger partial charge is 0.482 e. The molecule has 0 bridgehead atoms. The van der Waals surface area contributed by atoms with Crippen LogP contribution in [0.2, 0.25) is 10.0 Å². The van der Waals surface area contributed by atoms with Crippen LogP contribution in [0.3, 0.4) is 0 Å². The fourth-order valence-corrected chi connectivity index (χ4v) is 6.26. The second kappa shape index (κ2) is 10.7. The molecule has 1 aliphatic heterocycles. The van der Waals surface area contributed by atoms with Crippen molar-refractivity contribution < 1.29 is 17.9 Å². The summed E-state index contributed by atoms with van der Waals surface area (Å²) < 4.78 is 33.3. The van der Waals surface area contributed by atoms with E-state index in [4.69, 9.17) is 27.9 Å². The molecule has 37 heavy (non-hydrogen) atoms. The second-order valence-corrected chi connectivity index (χ2v) is 11.5. The molecule has 4 aromatic rings. The summed E-state index contributed by atoms with van der Waals surface area (Å²) in [5, 5.41) is 3.45. The minimum absolute atomic E-state index is 0.178. The number of piperidine rings is 1. The number of benzene rings is 3. The van der Waals surface area contributed by atoms with Gasteiger partial charge in [-0.15, -0.1) is 0 Å². The average Bonchev–Trinajstić information content (AvgIpc) is 3.33. The number of carbonyl (C=O) groups is 1. The lowest BCUT2D eigenvalue weighted by Crippen LogP contribution is -2.38. The minimum Gasteiger partial charge on any atom is -0.482 e. The average molecular weight is 559 g/mol. The third kappa shape index (κ3) is 5.75. The lowest BCUT2D eigenvalue weighted by molar-refractivity contribution is -0.118. The number of fused-ring (bicyclic) bond motifs is 1. The van der Waals surface area contributed by atoms with Crippen LogP contribution < -0.4 is 10.1 Å². The number of para-hydroxylation sites is 2. The van der Waals surface area contributed by atoms with Gasteiger partial charge in [-0.2, -0.15) is 4.31 Å². The van der Waals surface area contributed by atoms with E-state index in [0.29, 0.717) is 47.4 Å². The fraction of sp³-hybridized carbons (Fsp3) is 0.231. The fourth-order valence-electron chi connectivity index (χ4n) is 4.33. The standard InChI is InChI=1S/C26H24Cl2N4O4S/c27-18-5-10-24(21(28)15-18)36-16-25(33)29-19-6-8-20(9-7-19)37(34,35)32-13-11-17(12-14-32)26-30-22-3-1-2-4-23(22)31-26/h1-10,15,17H,11-14,16H2,(H,29,33)(H,30,31). The summed E-state index contributed by atoms with van der Waals surface area (Å²) in [6.07, 6.45) is 1.37. The molecule has 2 heterocycles. The Balaban J connectivity index is 1.16. The molecule has 11 heteroatoms. The number of ether oxygens (including phenoxy) is 1. The third-order valence-corrected chi connectivity index (χ3v) is 8.72. The maximum absolute atomic E-state index is 13.2. The smallest absolute Gasteiger partial charge is 0.262 e. The highest BCUT2D eigenvalue weighted by Crippen LogP contribution is 2.31. The van der Waals surface area contributed by atoms with E-state index in [1.807, 2.05) is 24.3 Å². The van der Waals surface area contributed by atoms with Gasteiger partial charge in [-0.3, -0.25) is 4.79 Å². The number of sulfonamides is 1. The number of hydrogen-bond donors (Lipinski definition) is 2. The van der Waals surface area contributed by atoms with Crippen molar-refractivity contribution in [3.8, 4) is 5.75 Å². The van der Waals surface area contributed by atoms with Crippen molar-refractivity contribution in [3.05, 3.63) is 82.6 Å². The number of H-pyrrole nitrogens is 1. The van der Waals surface area contributed by atoms with Crippen LogP contribution in [0.25, 0.3) is 11.0 Å². The highest BCUT2D eigenvalue weighted by atomic mass is 35.5. The zero-order valence-corrected chi connectivity index (χ0v) is 22.0. The Kier molecular flexibility index (Phi) is 7.39. The van der Waals surface area contributed by atoms with E-state index in [0.717, 1.165) is 16.9 Å². The summed E-state index contributed by atoms with van der Waals surface area (Å²) in [6, 6.07) is 18.7. The number of carbonyl (C=O) groups excluding carboxylic acids is 1. The Hall–Kier alpha value is -3.11. The molecule has 1 saturated heterocycles. The van der Waals surface area contributed by atoms with Crippen LogP contribution in [-0.2, 0) is 14.8 Å². The summed E-state index contributed by atoms with van der Waals surface area (Å²) in [7, 11) is -3.65. The summed E-state index contributed by atoms with van der Waals surface area (Å²) >= 11 is 11.9. The summed E-state index contributed by atoms with van der Waals surface area (Å²) in [5.41, 5.74) is 2.36. The molecule has 1 fully saturated rings. The van der Waals surface area contributed by atoms with E-state index in [1.54, 1.807) is 24.3 Å².